The van der Waals surface area contributed by atoms with E-state index >= 15 is 0 Å². The largest absolute Gasteiger partial charge is 0.462 e. The van der Waals surface area contributed by atoms with Crippen LogP contribution in [0.1, 0.15) is 48.8 Å². The zero-order chi connectivity index (χ0) is 27.8. The molecular weight excluding hydrogens is 512 g/mol. The minimum Gasteiger partial charge on any atom is -0.462 e. The van der Waals surface area contributed by atoms with Gasteiger partial charge >= 0.3 is 5.97 Å². The average molecular weight is 545 g/mol. The molecule has 4 rings (SSSR count). The predicted molar refractivity (Wildman–Crippen MR) is 153 cm³/mol. The molecular formula is C32H33ClN2O4. The Morgan fingerprint density at radius 3 is 2.13 bits per heavy atom. The van der Waals surface area contributed by atoms with Crippen LogP contribution in [-0.4, -0.2) is 36.7 Å². The summed E-state index contributed by atoms with van der Waals surface area (Å²) in [7, 11) is 0. The number of benzene rings is 3. The summed E-state index contributed by atoms with van der Waals surface area (Å²) >= 11 is 6.31. The Labute approximate surface area is 234 Å². The highest BCUT2D eigenvalue weighted by Gasteiger charge is 2.37. The maximum Gasteiger partial charge on any atom is 0.336 e. The summed E-state index contributed by atoms with van der Waals surface area (Å²) in [6, 6.07) is 27.5. The Hall–Kier alpha value is -3.87. The fourth-order valence-corrected chi connectivity index (χ4v) is 5.29. The Bertz CT molecular complexity index is 1330. The first-order chi connectivity index (χ1) is 18.9. The Morgan fingerprint density at radius 1 is 0.923 bits per heavy atom. The van der Waals surface area contributed by atoms with Crippen molar-refractivity contribution in [2.24, 2.45) is 0 Å². The van der Waals surface area contributed by atoms with E-state index in [1.54, 1.807) is 32.0 Å². The number of hydrogen-bond acceptors (Lipinski definition) is 5. The number of ether oxygens (including phenoxy) is 1. The average Bonchev–Trinajstić information content (AvgIpc) is 2.94. The van der Waals surface area contributed by atoms with E-state index in [9.17, 15) is 14.7 Å². The fraction of sp³-hybridized carbons (Fsp3) is 0.250. The third-order valence-electron chi connectivity index (χ3n) is 6.85. The number of halogens is 1. The zero-order valence-corrected chi connectivity index (χ0v) is 22.9. The number of amides is 1. The number of aliphatic hydroxyl groups is 1. The highest BCUT2D eigenvalue weighted by molar-refractivity contribution is 6.30. The van der Waals surface area contributed by atoms with E-state index in [4.69, 9.17) is 16.3 Å². The van der Waals surface area contributed by atoms with Gasteiger partial charge in [0.2, 0.25) is 5.91 Å². The van der Waals surface area contributed by atoms with Gasteiger partial charge in [-0.3, -0.25) is 4.79 Å². The van der Waals surface area contributed by atoms with Crippen molar-refractivity contribution >= 4 is 23.5 Å². The van der Waals surface area contributed by atoms with E-state index < -0.39 is 11.9 Å². The normalized spacial score (nSPS) is 15.3. The van der Waals surface area contributed by atoms with Gasteiger partial charge in [-0.15, -0.1) is 0 Å². The van der Waals surface area contributed by atoms with E-state index in [-0.39, 0.29) is 31.6 Å². The van der Waals surface area contributed by atoms with Crippen LogP contribution in [0.3, 0.4) is 0 Å². The van der Waals surface area contributed by atoms with Gasteiger partial charge in [-0.05, 0) is 49.1 Å². The van der Waals surface area contributed by atoms with Crippen LogP contribution >= 0.6 is 11.6 Å². The maximum atomic E-state index is 13.7. The second-order valence-corrected chi connectivity index (χ2v) is 9.90. The van der Waals surface area contributed by atoms with Gasteiger partial charge in [-0.25, -0.2) is 4.79 Å². The van der Waals surface area contributed by atoms with Gasteiger partial charge in [0.05, 0.1) is 24.7 Å². The molecule has 7 heteroatoms. The first-order valence-corrected chi connectivity index (χ1v) is 13.4. The molecule has 1 amide bonds. The van der Waals surface area contributed by atoms with Crippen LogP contribution < -0.4 is 10.6 Å². The third kappa shape index (κ3) is 6.77. The van der Waals surface area contributed by atoms with E-state index in [0.717, 1.165) is 11.1 Å². The monoisotopic (exact) mass is 544 g/mol. The lowest BCUT2D eigenvalue weighted by Crippen LogP contribution is -2.37. The van der Waals surface area contributed by atoms with Gasteiger partial charge in [0.1, 0.15) is 0 Å². The van der Waals surface area contributed by atoms with Crippen LogP contribution in [0, 0.1) is 0 Å². The van der Waals surface area contributed by atoms with E-state index in [2.05, 4.69) is 34.9 Å². The SMILES string of the molecule is CC1=C(C(=O)NCCO)C(c2cccc(Cl)c2)C(C(=O)OCCC(c2ccccc2)c2ccccc2)=C(C)N1. The van der Waals surface area contributed by atoms with E-state index in [1.165, 1.54) is 0 Å². The zero-order valence-electron chi connectivity index (χ0n) is 22.1. The number of aliphatic hydroxyl groups excluding tert-OH is 1. The van der Waals surface area contributed by atoms with Crippen LogP contribution in [0.2, 0.25) is 5.02 Å². The number of carbonyl (C=O) groups is 2. The summed E-state index contributed by atoms with van der Waals surface area (Å²) in [5, 5.41) is 15.6. The molecule has 1 aliphatic heterocycles. The van der Waals surface area contributed by atoms with Crippen LogP contribution in [0.25, 0.3) is 0 Å². The third-order valence-corrected chi connectivity index (χ3v) is 7.08. The van der Waals surface area contributed by atoms with Gasteiger partial charge in [0.15, 0.2) is 0 Å². The minimum absolute atomic E-state index is 0.0606. The van der Waals surface area contributed by atoms with Crippen molar-refractivity contribution in [2.45, 2.75) is 32.1 Å². The molecule has 0 bridgehead atoms. The molecule has 1 atom stereocenters. The lowest BCUT2D eigenvalue weighted by Gasteiger charge is -2.31. The molecule has 1 aliphatic rings. The molecule has 0 fully saturated rings. The van der Waals surface area contributed by atoms with Crippen molar-refractivity contribution in [3.8, 4) is 0 Å². The molecule has 1 heterocycles. The molecule has 202 valence electrons. The highest BCUT2D eigenvalue weighted by Crippen LogP contribution is 2.39. The molecule has 0 spiro atoms. The lowest BCUT2D eigenvalue weighted by atomic mass is 9.80. The fourth-order valence-electron chi connectivity index (χ4n) is 5.09. The lowest BCUT2D eigenvalue weighted by molar-refractivity contribution is -0.139. The van der Waals surface area contributed by atoms with Crippen LogP contribution in [0.5, 0.6) is 0 Å². The molecule has 39 heavy (non-hydrogen) atoms. The summed E-state index contributed by atoms with van der Waals surface area (Å²) < 4.78 is 5.89. The van der Waals surface area contributed by atoms with Crippen LogP contribution in [0.4, 0.5) is 0 Å². The Morgan fingerprint density at radius 2 is 1.54 bits per heavy atom. The van der Waals surface area contributed by atoms with Crippen LogP contribution in [-0.2, 0) is 14.3 Å². The van der Waals surface area contributed by atoms with Crippen LogP contribution in [0.15, 0.2) is 107 Å². The summed E-state index contributed by atoms with van der Waals surface area (Å²) in [6.07, 6.45) is 0.597. The van der Waals surface area contributed by atoms with Crippen molar-refractivity contribution in [1.82, 2.24) is 10.6 Å². The van der Waals surface area contributed by atoms with Crippen molar-refractivity contribution in [1.29, 1.82) is 0 Å². The Kier molecular flexibility index (Phi) is 9.58. The van der Waals surface area contributed by atoms with Crippen molar-refractivity contribution in [3.63, 3.8) is 0 Å². The predicted octanol–water partition coefficient (Wildman–Crippen LogP) is 5.45. The number of nitrogens with one attached hydrogen (secondary N) is 2. The molecule has 0 aromatic heterocycles. The summed E-state index contributed by atoms with van der Waals surface area (Å²) in [5.41, 5.74) is 4.97. The highest BCUT2D eigenvalue weighted by atomic mass is 35.5. The molecule has 0 radical (unpaired) electrons. The molecule has 6 nitrogen and oxygen atoms in total. The molecule has 3 aromatic carbocycles. The van der Waals surface area contributed by atoms with Gasteiger partial charge in [-0.1, -0.05) is 84.4 Å². The number of allylic oxidation sites excluding steroid dienone is 2. The van der Waals surface area contributed by atoms with E-state index in [0.29, 0.717) is 39.5 Å². The number of esters is 1. The topological polar surface area (TPSA) is 87.7 Å². The molecule has 3 aromatic rings. The molecule has 1 unspecified atom stereocenters. The smallest absolute Gasteiger partial charge is 0.336 e. The summed E-state index contributed by atoms with van der Waals surface area (Å²) in [4.78, 5) is 26.9. The molecule has 0 saturated carbocycles. The number of carbonyl (C=O) groups excluding carboxylic acids is 2. The maximum absolute atomic E-state index is 13.7. The number of dihydropyridines is 1. The summed E-state index contributed by atoms with van der Waals surface area (Å²) in [5.74, 6) is -1.49. The first kappa shape index (κ1) is 28.1. The van der Waals surface area contributed by atoms with Gasteiger partial charge in [-0.2, -0.15) is 0 Å². The molecule has 0 aliphatic carbocycles. The van der Waals surface area contributed by atoms with Crippen molar-refractivity contribution in [2.75, 3.05) is 19.8 Å². The first-order valence-electron chi connectivity index (χ1n) is 13.0. The minimum atomic E-state index is -0.685. The second kappa shape index (κ2) is 13.3. The van der Waals surface area contributed by atoms with Gasteiger partial charge in [0, 0.05) is 34.5 Å². The standard InChI is InChI=1S/C32H33ClN2O4/c1-21-28(31(37)34-17-18-36)30(25-14-9-15-26(33)20-25)29(22(2)35-21)32(38)39-19-16-27(23-10-5-3-6-11-23)24-12-7-4-8-13-24/h3-15,20,27,30,35-36H,16-19H2,1-2H3,(H,34,37). The molecule has 0 saturated heterocycles. The summed E-state index contributed by atoms with van der Waals surface area (Å²) in [6.45, 7) is 3.70. The van der Waals surface area contributed by atoms with Crippen molar-refractivity contribution < 1.29 is 19.4 Å². The number of rotatable bonds is 10. The van der Waals surface area contributed by atoms with Crippen molar-refractivity contribution in [3.05, 3.63) is 129 Å². The quantitative estimate of drug-likeness (QED) is 0.295. The van der Waals surface area contributed by atoms with E-state index in [1.807, 2.05) is 42.5 Å². The molecule has 3 N–H and O–H groups in total. The van der Waals surface area contributed by atoms with Gasteiger partial charge < -0.3 is 20.5 Å². The number of hydrogen-bond donors (Lipinski definition) is 3. The van der Waals surface area contributed by atoms with Gasteiger partial charge in [0.25, 0.3) is 0 Å². The second-order valence-electron chi connectivity index (χ2n) is 9.47. The Balaban J connectivity index is 1.60.